The van der Waals surface area contributed by atoms with Gasteiger partial charge in [0.05, 0.1) is 12.2 Å². The Morgan fingerprint density at radius 2 is 1.76 bits per heavy atom. The van der Waals surface area contributed by atoms with Crippen molar-refractivity contribution in [3.05, 3.63) is 81.3 Å². The van der Waals surface area contributed by atoms with Gasteiger partial charge in [-0.25, -0.2) is 4.98 Å². The van der Waals surface area contributed by atoms with E-state index in [9.17, 15) is 4.79 Å². The van der Waals surface area contributed by atoms with Gasteiger partial charge >= 0.3 is 0 Å². The van der Waals surface area contributed by atoms with Crippen molar-refractivity contribution in [3.63, 3.8) is 0 Å². The molecule has 5 heteroatoms. The predicted octanol–water partition coefficient (Wildman–Crippen LogP) is 5.64. The molecule has 0 saturated heterocycles. The molecule has 0 spiro atoms. The minimum Gasteiger partial charge on any atom is -0.486 e. The Kier molecular flexibility index (Phi) is 7.04. The van der Waals surface area contributed by atoms with Crippen molar-refractivity contribution in [2.45, 2.75) is 40.8 Å². The van der Waals surface area contributed by atoms with Gasteiger partial charge in [-0.05, 0) is 43.0 Å². The predicted molar refractivity (Wildman–Crippen MR) is 118 cm³/mol. The quantitative estimate of drug-likeness (QED) is 0.484. The van der Waals surface area contributed by atoms with Gasteiger partial charge in [0, 0.05) is 17.5 Å². The zero-order valence-electron chi connectivity index (χ0n) is 17.5. The fourth-order valence-corrected chi connectivity index (χ4v) is 3.88. The highest BCUT2D eigenvalue weighted by Gasteiger charge is 2.20. The molecule has 0 fully saturated rings. The monoisotopic (exact) mass is 408 g/mol. The highest BCUT2D eigenvalue weighted by molar-refractivity contribution is 7.09. The maximum Gasteiger partial charge on any atom is 0.254 e. The van der Waals surface area contributed by atoms with Gasteiger partial charge in [0.2, 0.25) is 0 Å². The van der Waals surface area contributed by atoms with E-state index in [4.69, 9.17) is 9.72 Å². The molecule has 0 atom stereocenters. The number of amides is 1. The van der Waals surface area contributed by atoms with Crippen LogP contribution in [-0.2, 0) is 13.2 Å². The van der Waals surface area contributed by atoms with E-state index in [0.717, 1.165) is 33.1 Å². The van der Waals surface area contributed by atoms with Crippen LogP contribution >= 0.6 is 11.3 Å². The Morgan fingerprint density at radius 3 is 2.45 bits per heavy atom. The van der Waals surface area contributed by atoms with E-state index in [0.29, 0.717) is 25.6 Å². The molecule has 1 amide bonds. The van der Waals surface area contributed by atoms with Crippen LogP contribution in [-0.4, -0.2) is 22.3 Å². The molecule has 1 heterocycles. The maximum absolute atomic E-state index is 13.1. The Labute approximate surface area is 177 Å². The number of hydrogen-bond acceptors (Lipinski definition) is 4. The Hall–Kier alpha value is -2.66. The summed E-state index contributed by atoms with van der Waals surface area (Å²) in [7, 11) is 0. The number of aryl methyl sites for hydroxylation is 2. The lowest BCUT2D eigenvalue weighted by molar-refractivity contribution is 0.0720. The number of aromatic nitrogens is 1. The summed E-state index contributed by atoms with van der Waals surface area (Å²) in [5.74, 6) is 1.31. The maximum atomic E-state index is 13.1. The molecule has 0 bridgehead atoms. The topological polar surface area (TPSA) is 42.4 Å². The molecule has 152 valence electrons. The van der Waals surface area contributed by atoms with Crippen molar-refractivity contribution < 1.29 is 9.53 Å². The second kappa shape index (κ2) is 9.70. The van der Waals surface area contributed by atoms with Crippen molar-refractivity contribution in [1.82, 2.24) is 9.88 Å². The highest BCUT2D eigenvalue weighted by atomic mass is 32.1. The van der Waals surface area contributed by atoms with Gasteiger partial charge in [-0.3, -0.25) is 4.79 Å². The molecule has 3 aromatic rings. The first-order valence-electron chi connectivity index (χ1n) is 9.90. The summed E-state index contributed by atoms with van der Waals surface area (Å²) in [5, 5.41) is 2.94. The van der Waals surface area contributed by atoms with Crippen molar-refractivity contribution in [2.75, 3.05) is 6.54 Å². The van der Waals surface area contributed by atoms with Crippen molar-refractivity contribution in [3.8, 4) is 5.75 Å². The number of nitrogens with zero attached hydrogens (tertiary/aromatic N) is 2. The lowest BCUT2D eigenvalue weighted by Gasteiger charge is -2.24. The second-order valence-corrected chi connectivity index (χ2v) is 8.62. The standard InChI is InChI=1S/C24H28N2O2S/c1-17(2)13-26(24(27)21-11-7-5-9-18(21)3)14-20-16-29-23(25-20)15-28-22-12-8-6-10-19(22)4/h5-12,16-17H,13-15H2,1-4H3. The summed E-state index contributed by atoms with van der Waals surface area (Å²) in [4.78, 5) is 19.7. The normalized spacial score (nSPS) is 10.9. The molecule has 29 heavy (non-hydrogen) atoms. The molecule has 2 aromatic carbocycles. The van der Waals surface area contributed by atoms with E-state index >= 15 is 0 Å². The number of carbonyl (C=O) groups excluding carboxylic acids is 1. The summed E-state index contributed by atoms with van der Waals surface area (Å²) in [5.41, 5.74) is 3.76. The molecule has 1 aromatic heterocycles. The molecular weight excluding hydrogens is 380 g/mol. The molecule has 3 rings (SSSR count). The number of hydrogen-bond donors (Lipinski definition) is 0. The summed E-state index contributed by atoms with van der Waals surface area (Å²) in [6, 6.07) is 15.7. The van der Waals surface area contributed by atoms with Crippen LogP contribution in [0.15, 0.2) is 53.9 Å². The third-order valence-corrected chi connectivity index (χ3v) is 5.52. The van der Waals surface area contributed by atoms with Gasteiger partial charge in [-0.15, -0.1) is 11.3 Å². The zero-order chi connectivity index (χ0) is 20.8. The van der Waals surface area contributed by atoms with Crippen LogP contribution in [0.1, 0.15) is 46.0 Å². The van der Waals surface area contributed by atoms with E-state index in [1.54, 1.807) is 11.3 Å². The van der Waals surface area contributed by atoms with Crippen LogP contribution in [0.2, 0.25) is 0 Å². The lowest BCUT2D eigenvalue weighted by atomic mass is 10.1. The lowest BCUT2D eigenvalue weighted by Crippen LogP contribution is -2.34. The highest BCUT2D eigenvalue weighted by Crippen LogP contribution is 2.21. The van der Waals surface area contributed by atoms with E-state index < -0.39 is 0 Å². The summed E-state index contributed by atoms with van der Waals surface area (Å²) in [6.45, 7) is 9.90. The summed E-state index contributed by atoms with van der Waals surface area (Å²) in [6.07, 6.45) is 0. The fourth-order valence-electron chi connectivity index (χ4n) is 3.18. The van der Waals surface area contributed by atoms with Crippen LogP contribution in [0, 0.1) is 19.8 Å². The van der Waals surface area contributed by atoms with Crippen LogP contribution in [0.3, 0.4) is 0 Å². The van der Waals surface area contributed by atoms with E-state index in [2.05, 4.69) is 13.8 Å². The van der Waals surface area contributed by atoms with E-state index in [1.807, 2.05) is 72.7 Å². The van der Waals surface area contributed by atoms with Gasteiger partial charge in [-0.2, -0.15) is 0 Å². The molecule has 0 N–H and O–H groups in total. The smallest absolute Gasteiger partial charge is 0.254 e. The Bertz CT molecular complexity index is 965. The number of thiazole rings is 1. The summed E-state index contributed by atoms with van der Waals surface area (Å²) >= 11 is 1.57. The number of ether oxygens (including phenoxy) is 1. The minimum atomic E-state index is 0.0579. The molecular formula is C24H28N2O2S. The molecule has 0 aliphatic rings. The van der Waals surface area contributed by atoms with Crippen LogP contribution < -0.4 is 4.74 Å². The number of para-hydroxylation sites is 1. The molecule has 0 aliphatic carbocycles. The SMILES string of the molecule is Cc1ccccc1OCc1nc(CN(CC(C)C)C(=O)c2ccccc2C)cs1. The van der Waals surface area contributed by atoms with Gasteiger partial charge in [-0.1, -0.05) is 50.2 Å². The van der Waals surface area contributed by atoms with E-state index in [-0.39, 0.29) is 5.91 Å². The van der Waals surface area contributed by atoms with Crippen LogP contribution in [0.5, 0.6) is 5.75 Å². The molecule has 4 nitrogen and oxygen atoms in total. The van der Waals surface area contributed by atoms with Crippen molar-refractivity contribution in [2.24, 2.45) is 5.92 Å². The molecule has 0 aliphatic heterocycles. The Morgan fingerprint density at radius 1 is 1.07 bits per heavy atom. The molecule has 0 radical (unpaired) electrons. The number of rotatable bonds is 8. The van der Waals surface area contributed by atoms with E-state index in [1.165, 1.54) is 0 Å². The largest absolute Gasteiger partial charge is 0.486 e. The molecule has 0 saturated carbocycles. The zero-order valence-corrected chi connectivity index (χ0v) is 18.3. The first-order valence-corrected chi connectivity index (χ1v) is 10.8. The van der Waals surface area contributed by atoms with Crippen molar-refractivity contribution in [1.29, 1.82) is 0 Å². The third kappa shape index (κ3) is 5.67. The second-order valence-electron chi connectivity index (χ2n) is 7.68. The third-order valence-electron chi connectivity index (χ3n) is 4.65. The first kappa shape index (κ1) is 21.1. The van der Waals surface area contributed by atoms with Crippen LogP contribution in [0.25, 0.3) is 0 Å². The number of carbonyl (C=O) groups is 1. The van der Waals surface area contributed by atoms with Crippen molar-refractivity contribution >= 4 is 17.2 Å². The van der Waals surface area contributed by atoms with Gasteiger partial charge in [0.25, 0.3) is 5.91 Å². The minimum absolute atomic E-state index is 0.0579. The molecule has 0 unspecified atom stereocenters. The van der Waals surface area contributed by atoms with Gasteiger partial charge in [0.1, 0.15) is 17.4 Å². The van der Waals surface area contributed by atoms with Gasteiger partial charge in [0.15, 0.2) is 0 Å². The average molecular weight is 409 g/mol. The summed E-state index contributed by atoms with van der Waals surface area (Å²) < 4.78 is 5.91. The van der Waals surface area contributed by atoms with Gasteiger partial charge < -0.3 is 9.64 Å². The Balaban J connectivity index is 1.69. The van der Waals surface area contributed by atoms with Crippen LogP contribution in [0.4, 0.5) is 0 Å². The number of benzene rings is 2. The average Bonchev–Trinajstić information content (AvgIpc) is 3.14. The fraction of sp³-hybridized carbons (Fsp3) is 0.333. The first-order chi connectivity index (χ1) is 13.9.